The molecule has 2 N–H and O–H groups in total. The van der Waals surface area contributed by atoms with Crippen LogP contribution >= 0.6 is 22.7 Å². The van der Waals surface area contributed by atoms with Gasteiger partial charge in [0.05, 0.1) is 12.2 Å². The molecule has 0 aliphatic rings. The number of hydrogen-bond donors (Lipinski definition) is 2. The van der Waals surface area contributed by atoms with Gasteiger partial charge in [-0.05, 0) is 32.2 Å². The summed E-state index contributed by atoms with van der Waals surface area (Å²) in [5.41, 5.74) is 0.775. The highest BCUT2D eigenvalue weighted by molar-refractivity contribution is 7.17. The van der Waals surface area contributed by atoms with E-state index in [9.17, 15) is 4.79 Å². The molecule has 4 nitrogen and oxygen atoms in total. The van der Waals surface area contributed by atoms with Crippen LogP contribution in [0.2, 0.25) is 0 Å². The SMILES string of the molecule is Cc1nc(NC(C)C)sc1C(=O)NCc1cccs1. The molecule has 0 unspecified atom stereocenters. The second-order valence-corrected chi connectivity index (χ2v) is 6.53. The Kier molecular flexibility index (Phi) is 4.55. The zero-order valence-electron chi connectivity index (χ0n) is 11.2. The van der Waals surface area contributed by atoms with Crippen LogP contribution in [-0.4, -0.2) is 16.9 Å². The highest BCUT2D eigenvalue weighted by Crippen LogP contribution is 2.23. The molecule has 19 heavy (non-hydrogen) atoms. The average molecular weight is 295 g/mol. The summed E-state index contributed by atoms with van der Waals surface area (Å²) in [4.78, 5) is 18.3. The van der Waals surface area contributed by atoms with E-state index in [-0.39, 0.29) is 5.91 Å². The van der Waals surface area contributed by atoms with Gasteiger partial charge in [-0.15, -0.1) is 11.3 Å². The van der Waals surface area contributed by atoms with Gasteiger partial charge in [-0.25, -0.2) is 4.98 Å². The predicted molar refractivity (Wildman–Crippen MR) is 81.1 cm³/mol. The molecular formula is C13H17N3OS2. The molecule has 0 aliphatic heterocycles. The fourth-order valence-electron chi connectivity index (χ4n) is 1.58. The number of thiophene rings is 1. The summed E-state index contributed by atoms with van der Waals surface area (Å²) < 4.78 is 0. The lowest BCUT2D eigenvalue weighted by Gasteiger charge is -2.04. The molecule has 2 aromatic rings. The van der Waals surface area contributed by atoms with Gasteiger partial charge in [-0.1, -0.05) is 17.4 Å². The Bertz CT molecular complexity index is 546. The zero-order chi connectivity index (χ0) is 13.8. The maximum Gasteiger partial charge on any atom is 0.263 e. The smallest absolute Gasteiger partial charge is 0.263 e. The second-order valence-electron chi connectivity index (χ2n) is 4.49. The van der Waals surface area contributed by atoms with Gasteiger partial charge in [0.2, 0.25) is 0 Å². The molecule has 2 aromatic heterocycles. The van der Waals surface area contributed by atoms with Crippen LogP contribution in [0.3, 0.4) is 0 Å². The summed E-state index contributed by atoms with van der Waals surface area (Å²) >= 11 is 3.04. The third-order valence-corrected chi connectivity index (χ3v) is 4.38. The van der Waals surface area contributed by atoms with Gasteiger partial charge in [-0.3, -0.25) is 4.79 Å². The Hall–Kier alpha value is -1.40. The number of rotatable bonds is 5. The van der Waals surface area contributed by atoms with Crippen LogP contribution in [0.25, 0.3) is 0 Å². The fourth-order valence-corrected chi connectivity index (χ4v) is 3.25. The average Bonchev–Trinajstić information content (AvgIpc) is 2.95. The van der Waals surface area contributed by atoms with Crippen LogP contribution in [0.15, 0.2) is 17.5 Å². The third kappa shape index (κ3) is 3.78. The molecule has 0 saturated carbocycles. The van der Waals surface area contributed by atoms with Crippen LogP contribution in [0.4, 0.5) is 5.13 Å². The first kappa shape index (κ1) is 14.0. The highest BCUT2D eigenvalue weighted by Gasteiger charge is 2.15. The quantitative estimate of drug-likeness (QED) is 0.890. The number of carbonyl (C=O) groups excluding carboxylic acids is 1. The van der Waals surface area contributed by atoms with E-state index in [0.717, 1.165) is 15.7 Å². The monoisotopic (exact) mass is 295 g/mol. The summed E-state index contributed by atoms with van der Waals surface area (Å²) in [5, 5.41) is 8.95. The fraction of sp³-hybridized carbons (Fsp3) is 0.385. The topological polar surface area (TPSA) is 54.0 Å². The maximum absolute atomic E-state index is 12.1. The molecule has 2 rings (SSSR count). The van der Waals surface area contributed by atoms with Gasteiger partial charge < -0.3 is 10.6 Å². The molecule has 0 radical (unpaired) electrons. The maximum atomic E-state index is 12.1. The minimum Gasteiger partial charge on any atom is -0.359 e. The molecule has 0 fully saturated rings. The summed E-state index contributed by atoms with van der Waals surface area (Å²) in [6.45, 7) is 6.53. The molecule has 0 spiro atoms. The number of aryl methyl sites for hydroxylation is 1. The van der Waals surface area contributed by atoms with Crippen LogP contribution in [0, 0.1) is 6.92 Å². The third-order valence-electron chi connectivity index (χ3n) is 2.42. The summed E-state index contributed by atoms with van der Waals surface area (Å²) in [7, 11) is 0. The molecule has 102 valence electrons. The Morgan fingerprint density at radius 3 is 2.89 bits per heavy atom. The minimum atomic E-state index is -0.0554. The molecule has 0 bridgehead atoms. The van der Waals surface area contributed by atoms with Crippen LogP contribution in [0.5, 0.6) is 0 Å². The standard InChI is InChI=1S/C13H17N3OS2/c1-8(2)15-13-16-9(3)11(19-13)12(17)14-7-10-5-4-6-18-10/h4-6,8H,7H2,1-3H3,(H,14,17)(H,15,16). The van der Waals surface area contributed by atoms with Crippen molar-refractivity contribution in [2.45, 2.75) is 33.4 Å². The van der Waals surface area contributed by atoms with E-state index in [1.165, 1.54) is 11.3 Å². The lowest BCUT2D eigenvalue weighted by atomic mass is 10.3. The normalized spacial score (nSPS) is 10.7. The summed E-state index contributed by atoms with van der Waals surface area (Å²) in [6, 6.07) is 4.30. The van der Waals surface area contributed by atoms with E-state index in [1.807, 2.05) is 38.3 Å². The zero-order valence-corrected chi connectivity index (χ0v) is 12.8. The first-order chi connectivity index (χ1) is 9.06. The first-order valence-corrected chi connectivity index (χ1v) is 7.80. The van der Waals surface area contributed by atoms with Crippen molar-refractivity contribution in [3.63, 3.8) is 0 Å². The number of nitrogens with one attached hydrogen (secondary N) is 2. The molecule has 6 heteroatoms. The highest BCUT2D eigenvalue weighted by atomic mass is 32.1. The van der Waals surface area contributed by atoms with Gasteiger partial charge >= 0.3 is 0 Å². The lowest BCUT2D eigenvalue weighted by Crippen LogP contribution is -2.22. The number of thiazole rings is 1. The van der Waals surface area contributed by atoms with Crippen molar-refractivity contribution in [3.8, 4) is 0 Å². The van der Waals surface area contributed by atoms with Crippen LogP contribution in [-0.2, 0) is 6.54 Å². The number of hydrogen-bond acceptors (Lipinski definition) is 5. The largest absolute Gasteiger partial charge is 0.359 e. The van der Waals surface area contributed by atoms with E-state index < -0.39 is 0 Å². The molecule has 2 heterocycles. The molecule has 1 amide bonds. The van der Waals surface area contributed by atoms with E-state index >= 15 is 0 Å². The van der Waals surface area contributed by atoms with Crippen molar-refractivity contribution < 1.29 is 4.79 Å². The number of nitrogens with zero attached hydrogens (tertiary/aromatic N) is 1. The van der Waals surface area contributed by atoms with Crippen molar-refractivity contribution in [2.24, 2.45) is 0 Å². The Morgan fingerprint density at radius 1 is 1.47 bits per heavy atom. The van der Waals surface area contributed by atoms with E-state index in [4.69, 9.17) is 0 Å². The number of amides is 1. The second kappa shape index (κ2) is 6.16. The van der Waals surface area contributed by atoms with Crippen LogP contribution < -0.4 is 10.6 Å². The van der Waals surface area contributed by atoms with Crippen molar-refractivity contribution >= 4 is 33.7 Å². The van der Waals surface area contributed by atoms with Crippen molar-refractivity contribution in [1.82, 2.24) is 10.3 Å². The molecule has 0 atom stereocenters. The predicted octanol–water partition coefficient (Wildman–Crippen LogP) is 3.26. The van der Waals surface area contributed by atoms with E-state index in [1.54, 1.807) is 11.3 Å². The molecule has 0 aliphatic carbocycles. The van der Waals surface area contributed by atoms with Gasteiger partial charge in [0, 0.05) is 10.9 Å². The van der Waals surface area contributed by atoms with Crippen molar-refractivity contribution in [2.75, 3.05) is 5.32 Å². The van der Waals surface area contributed by atoms with E-state index in [2.05, 4.69) is 15.6 Å². The number of anilines is 1. The molecular weight excluding hydrogens is 278 g/mol. The van der Waals surface area contributed by atoms with Crippen molar-refractivity contribution in [3.05, 3.63) is 33.0 Å². The Labute approximate surface area is 120 Å². The molecule has 0 saturated heterocycles. The summed E-state index contributed by atoms with van der Waals surface area (Å²) in [6.07, 6.45) is 0. The Morgan fingerprint density at radius 2 is 2.26 bits per heavy atom. The van der Waals surface area contributed by atoms with Crippen molar-refractivity contribution in [1.29, 1.82) is 0 Å². The first-order valence-electron chi connectivity index (χ1n) is 6.11. The minimum absolute atomic E-state index is 0.0554. The summed E-state index contributed by atoms with van der Waals surface area (Å²) in [5.74, 6) is -0.0554. The Balaban J connectivity index is 2.00. The van der Waals surface area contributed by atoms with Gasteiger partial charge in [0.25, 0.3) is 5.91 Å². The van der Waals surface area contributed by atoms with E-state index in [0.29, 0.717) is 17.5 Å². The van der Waals surface area contributed by atoms with Gasteiger partial charge in [0.15, 0.2) is 5.13 Å². The van der Waals surface area contributed by atoms with Gasteiger partial charge in [-0.2, -0.15) is 0 Å². The number of carbonyl (C=O) groups is 1. The lowest BCUT2D eigenvalue weighted by molar-refractivity contribution is 0.0954. The number of aromatic nitrogens is 1. The van der Waals surface area contributed by atoms with Crippen LogP contribution in [0.1, 0.15) is 34.1 Å². The molecule has 0 aromatic carbocycles. The van der Waals surface area contributed by atoms with Gasteiger partial charge in [0.1, 0.15) is 4.88 Å².